The van der Waals surface area contributed by atoms with Crippen LogP contribution in [0.2, 0.25) is 0 Å². The van der Waals surface area contributed by atoms with Crippen molar-refractivity contribution in [1.29, 1.82) is 0 Å². The van der Waals surface area contributed by atoms with Crippen LogP contribution in [-0.4, -0.2) is 24.4 Å². The molecule has 26 heavy (non-hydrogen) atoms. The minimum Gasteiger partial charge on any atom is -0.733 e. The van der Waals surface area contributed by atoms with Gasteiger partial charge < -0.3 is 24.2 Å². The number of para-hydroxylation sites is 1. The number of nitrogens with zero attached hydrogens (tertiary/aromatic N) is 1. The molecular formula is C17H19NO7P-. The molecule has 0 amide bonds. The molecule has 9 heteroatoms. The van der Waals surface area contributed by atoms with Crippen molar-refractivity contribution in [1.82, 2.24) is 0 Å². The predicted molar refractivity (Wildman–Crippen MR) is 96.0 cm³/mol. The van der Waals surface area contributed by atoms with Gasteiger partial charge >= 0.3 is 13.6 Å². The summed E-state index contributed by atoms with van der Waals surface area (Å²) >= 11 is 0. The smallest absolute Gasteiger partial charge is 0.365 e. The highest BCUT2D eigenvalue weighted by Gasteiger charge is 2.31. The van der Waals surface area contributed by atoms with Crippen LogP contribution in [0.1, 0.15) is 24.2 Å². The van der Waals surface area contributed by atoms with E-state index in [9.17, 15) is 14.6 Å². The third kappa shape index (κ3) is 4.69. The van der Waals surface area contributed by atoms with Crippen LogP contribution >= 0.6 is 7.60 Å². The molecule has 0 bridgehead atoms. The van der Waals surface area contributed by atoms with Gasteiger partial charge in [-0.3, -0.25) is 9.77 Å². The minimum atomic E-state index is -3.66. The first-order chi connectivity index (χ1) is 12.4. The molecule has 0 fully saturated rings. The highest BCUT2D eigenvalue weighted by Crippen LogP contribution is 2.49. The quantitative estimate of drug-likeness (QED) is 0.321. The Balaban J connectivity index is 2.34. The second-order valence-corrected chi connectivity index (χ2v) is 7.01. The van der Waals surface area contributed by atoms with Gasteiger partial charge in [0, 0.05) is 0 Å². The summed E-state index contributed by atoms with van der Waals surface area (Å²) in [5.74, 6) is -0.767. The lowest BCUT2D eigenvalue weighted by atomic mass is 10.2. The molecular weight excluding hydrogens is 361 g/mol. The van der Waals surface area contributed by atoms with Crippen molar-refractivity contribution >= 4 is 24.6 Å². The van der Waals surface area contributed by atoms with E-state index in [0.717, 1.165) is 0 Å². The van der Waals surface area contributed by atoms with Gasteiger partial charge in [0.15, 0.2) is 0 Å². The zero-order valence-electron chi connectivity index (χ0n) is 14.3. The largest absolute Gasteiger partial charge is 0.733 e. The zero-order chi connectivity index (χ0) is 19.2. The molecule has 2 aromatic carbocycles. The van der Waals surface area contributed by atoms with Gasteiger partial charge in [0.2, 0.25) is 0 Å². The van der Waals surface area contributed by atoms with Crippen molar-refractivity contribution in [3.63, 3.8) is 0 Å². The predicted octanol–water partition coefficient (Wildman–Crippen LogP) is 3.49. The average molecular weight is 380 g/mol. The molecule has 0 saturated carbocycles. The molecule has 0 aliphatic carbocycles. The standard InChI is InChI=1S/C17H19NO7P/c1-3-23-26(22,24-4-2)16-11-6-5-10-15(16)25-17(19)13-8-7-9-14(12-13)18(20)21/h5-12,20H,3-4H2,1-2H3/q-1. The van der Waals surface area contributed by atoms with Crippen LogP contribution in [0.5, 0.6) is 5.75 Å². The Morgan fingerprint density at radius 1 is 1.12 bits per heavy atom. The molecule has 0 aliphatic rings. The number of ether oxygens (including phenoxy) is 1. The second kappa shape index (κ2) is 8.93. The van der Waals surface area contributed by atoms with Crippen molar-refractivity contribution in [2.75, 3.05) is 18.4 Å². The van der Waals surface area contributed by atoms with Gasteiger partial charge in [-0.1, -0.05) is 18.2 Å². The summed E-state index contributed by atoms with van der Waals surface area (Å²) in [6.45, 7) is 3.65. The molecule has 0 aliphatic heterocycles. The van der Waals surface area contributed by atoms with Crippen LogP contribution in [0.15, 0.2) is 48.5 Å². The average Bonchev–Trinajstić information content (AvgIpc) is 2.62. The van der Waals surface area contributed by atoms with Crippen LogP contribution in [-0.2, 0) is 13.6 Å². The fourth-order valence-corrected chi connectivity index (χ4v) is 3.89. The summed E-state index contributed by atoms with van der Waals surface area (Å²) in [4.78, 5) is 12.4. The van der Waals surface area contributed by atoms with Crippen molar-refractivity contribution < 1.29 is 28.4 Å². The molecule has 2 rings (SSSR count). The Kier molecular flexibility index (Phi) is 6.90. The van der Waals surface area contributed by atoms with Crippen LogP contribution in [0.3, 0.4) is 0 Å². The van der Waals surface area contributed by atoms with Gasteiger partial charge in [0.1, 0.15) is 11.1 Å². The lowest BCUT2D eigenvalue weighted by Gasteiger charge is -2.22. The van der Waals surface area contributed by atoms with Crippen molar-refractivity contribution in [2.24, 2.45) is 0 Å². The first kappa shape index (κ1) is 20.1. The number of esters is 1. The number of carbonyl (C=O) groups is 1. The molecule has 0 saturated heterocycles. The number of hydrogen-bond acceptors (Lipinski definition) is 8. The second-order valence-electron chi connectivity index (χ2n) is 5.01. The van der Waals surface area contributed by atoms with Gasteiger partial charge in [0.05, 0.1) is 24.5 Å². The van der Waals surface area contributed by atoms with E-state index in [1.807, 2.05) is 0 Å². The summed E-state index contributed by atoms with van der Waals surface area (Å²) in [6, 6.07) is 11.5. The highest BCUT2D eigenvalue weighted by molar-refractivity contribution is 7.62. The third-order valence-corrected chi connectivity index (χ3v) is 5.42. The van der Waals surface area contributed by atoms with Crippen LogP contribution < -0.4 is 15.3 Å². The lowest BCUT2D eigenvalue weighted by Crippen LogP contribution is -2.18. The Morgan fingerprint density at radius 2 is 1.77 bits per heavy atom. The topological polar surface area (TPSA) is 108 Å². The zero-order valence-corrected chi connectivity index (χ0v) is 15.2. The van der Waals surface area contributed by atoms with E-state index in [4.69, 9.17) is 19.0 Å². The Hall–Kier alpha value is -2.22. The summed E-state index contributed by atoms with van der Waals surface area (Å²) in [5, 5.41) is 19.7. The molecule has 0 atom stereocenters. The van der Waals surface area contributed by atoms with Gasteiger partial charge in [0.25, 0.3) is 0 Å². The van der Waals surface area contributed by atoms with E-state index in [-0.39, 0.29) is 40.7 Å². The maximum absolute atomic E-state index is 13.0. The SMILES string of the molecule is CCOP(=O)(OCC)c1ccccc1OC(=O)c1cccc(N([O-])O)c1. The molecule has 0 unspecified atom stereocenters. The van der Waals surface area contributed by atoms with Crippen molar-refractivity contribution in [3.8, 4) is 5.75 Å². The van der Waals surface area contributed by atoms with E-state index in [1.165, 1.54) is 36.4 Å². The van der Waals surface area contributed by atoms with Gasteiger partial charge in [-0.15, -0.1) is 0 Å². The van der Waals surface area contributed by atoms with Crippen LogP contribution in [0.25, 0.3) is 0 Å². The summed E-state index contributed by atoms with van der Waals surface area (Å²) in [6.07, 6.45) is 0. The van der Waals surface area contributed by atoms with Gasteiger partial charge in [-0.25, -0.2) is 4.79 Å². The molecule has 8 nitrogen and oxygen atoms in total. The van der Waals surface area contributed by atoms with E-state index in [0.29, 0.717) is 0 Å². The van der Waals surface area contributed by atoms with Crippen molar-refractivity contribution in [2.45, 2.75) is 13.8 Å². The summed E-state index contributed by atoms with van der Waals surface area (Å²) < 4.78 is 28.9. The monoisotopic (exact) mass is 380 g/mol. The Labute approximate surface area is 151 Å². The molecule has 0 heterocycles. The first-order valence-electron chi connectivity index (χ1n) is 7.88. The fraction of sp³-hybridized carbons (Fsp3) is 0.235. The molecule has 0 radical (unpaired) electrons. The third-order valence-electron chi connectivity index (χ3n) is 3.26. The fourth-order valence-electron chi connectivity index (χ4n) is 2.20. The first-order valence-corrected chi connectivity index (χ1v) is 9.42. The minimum absolute atomic E-state index is 0.0242. The highest BCUT2D eigenvalue weighted by atomic mass is 31.2. The van der Waals surface area contributed by atoms with Crippen LogP contribution in [0.4, 0.5) is 5.69 Å². The molecule has 1 N–H and O–H groups in total. The molecule has 0 spiro atoms. The maximum atomic E-state index is 13.0. The van der Waals surface area contributed by atoms with Crippen molar-refractivity contribution in [3.05, 3.63) is 59.3 Å². The number of hydrogen-bond donors (Lipinski definition) is 1. The molecule has 2 aromatic rings. The van der Waals surface area contributed by atoms with Crippen LogP contribution in [0, 0.1) is 5.21 Å². The van der Waals surface area contributed by atoms with E-state index >= 15 is 0 Å². The number of rotatable bonds is 8. The molecule has 0 aromatic heterocycles. The van der Waals surface area contributed by atoms with E-state index in [2.05, 4.69) is 0 Å². The lowest BCUT2D eigenvalue weighted by molar-refractivity contribution is 0.0736. The van der Waals surface area contributed by atoms with E-state index < -0.39 is 13.6 Å². The molecule has 140 valence electrons. The Bertz CT molecular complexity index is 799. The number of benzene rings is 2. The van der Waals surface area contributed by atoms with Gasteiger partial charge in [-0.05, 0) is 44.2 Å². The number of carbonyl (C=O) groups excluding carboxylic acids is 1. The summed E-state index contributed by atoms with van der Waals surface area (Å²) in [7, 11) is -3.66. The van der Waals surface area contributed by atoms with E-state index in [1.54, 1.807) is 26.0 Å². The summed E-state index contributed by atoms with van der Waals surface area (Å²) in [5.41, 5.74) is -0.0862. The Morgan fingerprint density at radius 3 is 2.38 bits per heavy atom. The maximum Gasteiger partial charge on any atom is 0.365 e. The van der Waals surface area contributed by atoms with Gasteiger partial charge in [-0.2, -0.15) is 0 Å². The number of anilines is 1. The normalized spacial score (nSPS) is 11.2.